The lowest BCUT2D eigenvalue weighted by molar-refractivity contribution is 0.0954. The van der Waals surface area contributed by atoms with Gasteiger partial charge in [0.15, 0.2) is 23.1 Å². The summed E-state index contributed by atoms with van der Waals surface area (Å²) in [4.78, 5) is 43.5. The molecule has 10 nitrogen and oxygen atoms in total. The van der Waals surface area contributed by atoms with Crippen LogP contribution in [0.15, 0.2) is 99.9 Å². The van der Waals surface area contributed by atoms with E-state index < -0.39 is 23.0 Å². The number of aromatic nitrogens is 3. The van der Waals surface area contributed by atoms with Gasteiger partial charge in [0.1, 0.15) is 11.3 Å². The summed E-state index contributed by atoms with van der Waals surface area (Å²) in [6.07, 6.45) is 10.1. The van der Waals surface area contributed by atoms with Crippen molar-refractivity contribution in [3.63, 3.8) is 0 Å². The van der Waals surface area contributed by atoms with Crippen molar-refractivity contribution < 1.29 is 23.4 Å². The van der Waals surface area contributed by atoms with Crippen molar-refractivity contribution in [3.05, 3.63) is 117 Å². The lowest BCUT2D eigenvalue weighted by Crippen LogP contribution is -2.44. The van der Waals surface area contributed by atoms with E-state index in [1.807, 2.05) is 33.8 Å². The van der Waals surface area contributed by atoms with Crippen molar-refractivity contribution >= 4 is 16.8 Å². The lowest BCUT2D eigenvalue weighted by Gasteiger charge is -2.13. The zero-order valence-electron chi connectivity index (χ0n) is 25.8. The van der Waals surface area contributed by atoms with Crippen LogP contribution in [0.25, 0.3) is 10.9 Å². The van der Waals surface area contributed by atoms with Gasteiger partial charge in [-0.3, -0.25) is 23.7 Å². The van der Waals surface area contributed by atoms with Gasteiger partial charge < -0.3 is 19.5 Å². The van der Waals surface area contributed by atoms with Crippen LogP contribution in [0.1, 0.15) is 38.1 Å². The van der Waals surface area contributed by atoms with Crippen LogP contribution in [0.4, 0.5) is 4.39 Å². The molecule has 3 aromatic rings. The zero-order valence-corrected chi connectivity index (χ0v) is 25.8. The molecule has 0 saturated heterocycles. The van der Waals surface area contributed by atoms with Gasteiger partial charge in [-0.1, -0.05) is 36.0 Å². The van der Waals surface area contributed by atoms with Crippen molar-refractivity contribution in [1.82, 2.24) is 19.4 Å². The highest BCUT2D eigenvalue weighted by atomic mass is 19.1. The Hall–Kier alpha value is -5.19. The number of methoxy groups -OCH3 is 2. The second kappa shape index (κ2) is 15.3. The van der Waals surface area contributed by atoms with Crippen molar-refractivity contribution in [3.8, 4) is 17.2 Å². The van der Waals surface area contributed by atoms with Gasteiger partial charge in [0.2, 0.25) is 0 Å². The number of benzene rings is 1. The Balaban J connectivity index is 1.87. The van der Waals surface area contributed by atoms with Crippen LogP contribution in [-0.2, 0) is 13.1 Å². The highest BCUT2D eigenvalue weighted by Gasteiger charge is 2.17. The highest BCUT2D eigenvalue weighted by molar-refractivity contribution is 5.93. The van der Waals surface area contributed by atoms with E-state index >= 15 is 0 Å². The predicted molar refractivity (Wildman–Crippen MR) is 169 cm³/mol. The second-order valence-electron chi connectivity index (χ2n) is 10.1. The standard InChI is InChI=1S/C33H37FN4O6/c1-8-25(34)28(44-27-11-15-35-26-19-30(43-7)29(42-6)18-23(26)27)10-9-14-36-31(39)24-20-37(16-12-21(2)3)33(41)38(32(24)40)17-13-22(4)5/h8-13,15,18-20H,1,14,16-17H2,2-7H3,(H,36,39)/b10-9-,28-25-. The Labute approximate surface area is 255 Å². The Morgan fingerprint density at radius 2 is 1.68 bits per heavy atom. The van der Waals surface area contributed by atoms with Gasteiger partial charge in [-0.15, -0.1) is 0 Å². The summed E-state index contributed by atoms with van der Waals surface area (Å²) < 4.78 is 33.7. The Bertz CT molecular complexity index is 1790. The van der Waals surface area contributed by atoms with Gasteiger partial charge in [0.05, 0.1) is 19.7 Å². The maximum Gasteiger partial charge on any atom is 0.331 e. The molecule has 44 heavy (non-hydrogen) atoms. The fourth-order valence-corrected chi connectivity index (χ4v) is 3.99. The maximum absolute atomic E-state index is 14.8. The second-order valence-corrected chi connectivity index (χ2v) is 10.1. The van der Waals surface area contributed by atoms with Crippen molar-refractivity contribution in [2.24, 2.45) is 0 Å². The average molecular weight is 605 g/mol. The van der Waals surface area contributed by atoms with Gasteiger partial charge in [-0.05, 0) is 52.0 Å². The Kier molecular flexibility index (Phi) is 11.6. The number of allylic oxidation sites excluding steroid dienone is 7. The summed E-state index contributed by atoms with van der Waals surface area (Å²) in [5.41, 5.74) is 1.01. The molecular weight excluding hydrogens is 567 g/mol. The SMILES string of the molecule is C=C/C(F)=C(\C=C/CNC(=O)c1cn(CC=C(C)C)c(=O)n(CC=C(C)C)c1=O)Oc1ccnc2cc(OC)c(OC)cc12. The molecule has 1 amide bonds. The minimum absolute atomic E-state index is 0.0323. The number of hydrogen-bond acceptors (Lipinski definition) is 7. The van der Waals surface area contributed by atoms with Crippen LogP contribution >= 0.6 is 0 Å². The molecule has 3 rings (SSSR count). The van der Waals surface area contributed by atoms with E-state index in [2.05, 4.69) is 16.9 Å². The zero-order chi connectivity index (χ0) is 32.4. The number of nitrogens with zero attached hydrogens (tertiary/aromatic N) is 3. The number of halogens is 1. The molecule has 0 spiro atoms. The first-order valence-corrected chi connectivity index (χ1v) is 13.8. The van der Waals surface area contributed by atoms with Crippen molar-refractivity contribution in [2.75, 3.05) is 20.8 Å². The molecule has 0 saturated carbocycles. The number of amides is 1. The molecular formula is C33H37FN4O6. The van der Waals surface area contributed by atoms with Gasteiger partial charge >= 0.3 is 5.69 Å². The fourth-order valence-electron chi connectivity index (χ4n) is 3.99. The third kappa shape index (κ3) is 8.21. The van der Waals surface area contributed by atoms with Crippen LogP contribution in [0.5, 0.6) is 17.2 Å². The number of carbonyl (C=O) groups excluding carboxylic acids is 1. The van der Waals surface area contributed by atoms with E-state index in [1.165, 1.54) is 43.3 Å². The molecule has 0 aliphatic heterocycles. The molecule has 232 valence electrons. The Morgan fingerprint density at radius 3 is 2.32 bits per heavy atom. The lowest BCUT2D eigenvalue weighted by atomic mass is 10.2. The van der Waals surface area contributed by atoms with Gasteiger partial charge in [-0.2, -0.15) is 0 Å². The molecule has 1 aromatic carbocycles. The van der Waals surface area contributed by atoms with Crippen LogP contribution < -0.4 is 30.8 Å². The number of fused-ring (bicyclic) bond motifs is 1. The van der Waals surface area contributed by atoms with Crippen LogP contribution in [-0.4, -0.2) is 40.8 Å². The quantitative estimate of drug-likeness (QED) is 0.161. The molecule has 0 atom stereocenters. The molecule has 0 unspecified atom stereocenters. The van der Waals surface area contributed by atoms with E-state index in [0.717, 1.165) is 21.8 Å². The summed E-state index contributed by atoms with van der Waals surface area (Å²) in [5, 5.41) is 3.17. The van der Waals surface area contributed by atoms with Gasteiger partial charge in [0.25, 0.3) is 11.5 Å². The molecule has 0 fully saturated rings. The largest absolute Gasteiger partial charge is 0.493 e. The van der Waals surface area contributed by atoms with Crippen LogP contribution in [0.3, 0.4) is 0 Å². The van der Waals surface area contributed by atoms with E-state index in [4.69, 9.17) is 14.2 Å². The number of nitrogens with one attached hydrogen (secondary N) is 1. The summed E-state index contributed by atoms with van der Waals surface area (Å²) in [5.74, 6) is -0.384. The number of ether oxygens (including phenoxy) is 3. The number of pyridine rings is 1. The molecule has 0 aliphatic rings. The smallest absolute Gasteiger partial charge is 0.331 e. The summed E-state index contributed by atoms with van der Waals surface area (Å²) in [6.45, 7) is 11.1. The molecule has 11 heteroatoms. The molecule has 2 aromatic heterocycles. The number of rotatable bonds is 13. The summed E-state index contributed by atoms with van der Waals surface area (Å²) in [6, 6.07) is 4.92. The van der Waals surface area contributed by atoms with E-state index in [1.54, 1.807) is 24.3 Å². The highest BCUT2D eigenvalue weighted by Crippen LogP contribution is 2.36. The van der Waals surface area contributed by atoms with Gasteiger partial charge in [-0.25, -0.2) is 9.18 Å². The average Bonchev–Trinajstić information content (AvgIpc) is 3.00. The van der Waals surface area contributed by atoms with Crippen LogP contribution in [0.2, 0.25) is 0 Å². The minimum atomic E-state index is -0.744. The van der Waals surface area contributed by atoms with Crippen molar-refractivity contribution in [2.45, 2.75) is 40.8 Å². The summed E-state index contributed by atoms with van der Waals surface area (Å²) in [7, 11) is 3.01. The third-order valence-corrected chi connectivity index (χ3v) is 6.35. The maximum atomic E-state index is 14.8. The van der Waals surface area contributed by atoms with Crippen LogP contribution in [0, 0.1) is 0 Å². The van der Waals surface area contributed by atoms with E-state index in [9.17, 15) is 18.8 Å². The van der Waals surface area contributed by atoms with E-state index in [0.29, 0.717) is 28.2 Å². The fraction of sp³-hybridized carbons (Fsp3) is 0.273. The number of carbonyl (C=O) groups is 1. The van der Waals surface area contributed by atoms with Crippen molar-refractivity contribution in [1.29, 1.82) is 0 Å². The first-order chi connectivity index (χ1) is 21.0. The monoisotopic (exact) mass is 604 g/mol. The third-order valence-electron chi connectivity index (χ3n) is 6.35. The van der Waals surface area contributed by atoms with Gasteiger partial charge in [0, 0.05) is 43.5 Å². The minimum Gasteiger partial charge on any atom is -0.493 e. The topological polar surface area (TPSA) is 114 Å². The number of hydrogen-bond donors (Lipinski definition) is 1. The Morgan fingerprint density at radius 1 is 1.02 bits per heavy atom. The molecule has 0 bridgehead atoms. The summed E-state index contributed by atoms with van der Waals surface area (Å²) >= 11 is 0. The molecule has 0 aliphatic carbocycles. The molecule has 1 N–H and O–H groups in total. The predicted octanol–water partition coefficient (Wildman–Crippen LogP) is 5.24. The molecule has 2 heterocycles. The van der Waals surface area contributed by atoms with E-state index in [-0.39, 0.29) is 31.0 Å². The molecule has 0 radical (unpaired) electrons. The first-order valence-electron chi connectivity index (χ1n) is 13.8. The first kappa shape index (κ1) is 33.3. The normalized spacial score (nSPS) is 11.5.